The molecule has 2 aliphatic heterocycles. The predicted octanol–water partition coefficient (Wildman–Crippen LogP) is 1.20. The number of halogens is 1. The number of likely N-dealkylation sites (tertiary alicyclic amines) is 1. The monoisotopic (exact) mass is 417 g/mol. The molecule has 1 atom stereocenters. The van der Waals surface area contributed by atoms with Crippen molar-refractivity contribution in [2.45, 2.75) is 17.7 Å². The molecule has 2 fully saturated rings. The van der Waals surface area contributed by atoms with Gasteiger partial charge >= 0.3 is 0 Å². The van der Waals surface area contributed by atoms with Gasteiger partial charge in [-0.3, -0.25) is 4.79 Å². The summed E-state index contributed by atoms with van der Waals surface area (Å²) in [5.41, 5.74) is 0.268. The molecule has 1 unspecified atom stereocenters. The molecule has 0 aliphatic carbocycles. The number of amides is 1. The number of sulfonamides is 1. The number of carbonyl (C=O) groups excluding carboxylic acids is 1. The van der Waals surface area contributed by atoms with Crippen LogP contribution in [0, 0.1) is 5.92 Å². The van der Waals surface area contributed by atoms with Crippen molar-refractivity contribution >= 4 is 28.3 Å². The molecular formula is C18H28ClN3O4S. The lowest BCUT2D eigenvalue weighted by Gasteiger charge is -2.33. The van der Waals surface area contributed by atoms with Gasteiger partial charge in [0.25, 0.3) is 5.91 Å². The minimum atomic E-state index is -3.71. The largest absolute Gasteiger partial charge is 0.379 e. The summed E-state index contributed by atoms with van der Waals surface area (Å²) in [7, 11) is -1.80. The molecule has 1 aromatic rings. The summed E-state index contributed by atoms with van der Waals surface area (Å²) in [6.07, 6.45) is 2.02. The molecule has 152 valence electrons. The Morgan fingerprint density at radius 2 is 1.93 bits per heavy atom. The van der Waals surface area contributed by atoms with Crippen molar-refractivity contribution in [1.29, 1.82) is 0 Å². The Bertz CT molecular complexity index is 736. The standard InChI is InChI=1S/C18H27N3O4S.ClH/c1-19-13-15-5-4-8-20(14-15)18(22)16-6-2-3-7-17(16)26(23,24)21-9-11-25-12-10-21;/h2-3,6-7,15,19H,4-5,8-14H2,1H3;1H. The molecule has 27 heavy (non-hydrogen) atoms. The SMILES string of the molecule is CNCC1CCCN(C(=O)c2ccccc2S(=O)(=O)N2CCOCC2)C1.Cl. The molecular weight excluding hydrogens is 390 g/mol. The fourth-order valence-electron chi connectivity index (χ4n) is 3.67. The quantitative estimate of drug-likeness (QED) is 0.778. The van der Waals surface area contributed by atoms with Crippen molar-refractivity contribution in [2.75, 3.05) is 53.0 Å². The zero-order chi connectivity index (χ0) is 18.6. The molecule has 0 radical (unpaired) electrons. The van der Waals surface area contributed by atoms with Gasteiger partial charge in [-0.05, 0) is 44.5 Å². The van der Waals surface area contributed by atoms with Crippen molar-refractivity contribution in [3.05, 3.63) is 29.8 Å². The zero-order valence-electron chi connectivity index (χ0n) is 15.6. The molecule has 1 amide bonds. The van der Waals surface area contributed by atoms with Crippen molar-refractivity contribution in [3.63, 3.8) is 0 Å². The van der Waals surface area contributed by atoms with Crippen LogP contribution in [0.4, 0.5) is 0 Å². The Hall–Kier alpha value is -1.19. The Labute approximate surface area is 167 Å². The van der Waals surface area contributed by atoms with Crippen LogP contribution >= 0.6 is 12.4 Å². The van der Waals surface area contributed by atoms with Crippen LogP contribution < -0.4 is 5.32 Å². The number of hydrogen-bond acceptors (Lipinski definition) is 5. The number of rotatable bonds is 5. The number of nitrogens with zero attached hydrogens (tertiary/aromatic N) is 2. The van der Waals surface area contributed by atoms with Crippen LogP contribution in [-0.2, 0) is 14.8 Å². The number of hydrogen-bond donors (Lipinski definition) is 1. The molecule has 0 spiro atoms. The van der Waals surface area contributed by atoms with E-state index in [9.17, 15) is 13.2 Å². The minimum Gasteiger partial charge on any atom is -0.379 e. The number of carbonyl (C=O) groups is 1. The summed E-state index contributed by atoms with van der Waals surface area (Å²) in [5, 5.41) is 3.16. The van der Waals surface area contributed by atoms with Gasteiger partial charge in [-0.25, -0.2) is 8.42 Å². The summed E-state index contributed by atoms with van der Waals surface area (Å²) < 4.78 is 32.8. The molecule has 3 rings (SSSR count). The van der Waals surface area contributed by atoms with E-state index in [1.165, 1.54) is 10.4 Å². The van der Waals surface area contributed by atoms with Gasteiger partial charge in [-0.1, -0.05) is 12.1 Å². The van der Waals surface area contributed by atoms with E-state index in [2.05, 4.69) is 5.32 Å². The molecule has 7 nitrogen and oxygen atoms in total. The first-order valence-corrected chi connectivity index (χ1v) is 10.6. The highest BCUT2D eigenvalue weighted by Crippen LogP contribution is 2.25. The average molecular weight is 418 g/mol. The van der Waals surface area contributed by atoms with Crippen molar-refractivity contribution in [1.82, 2.24) is 14.5 Å². The average Bonchev–Trinajstić information content (AvgIpc) is 2.68. The van der Waals surface area contributed by atoms with E-state index < -0.39 is 10.0 Å². The summed E-state index contributed by atoms with van der Waals surface area (Å²) in [6.45, 7) is 3.59. The van der Waals surface area contributed by atoms with E-state index in [4.69, 9.17) is 4.74 Å². The van der Waals surface area contributed by atoms with Crippen LogP contribution in [-0.4, -0.2) is 76.5 Å². The van der Waals surface area contributed by atoms with Gasteiger partial charge in [-0.15, -0.1) is 12.4 Å². The Kier molecular flexibility index (Phi) is 8.05. The lowest BCUT2D eigenvalue weighted by Crippen LogP contribution is -2.44. The van der Waals surface area contributed by atoms with Crippen LogP contribution in [0.25, 0.3) is 0 Å². The number of piperidine rings is 1. The highest BCUT2D eigenvalue weighted by molar-refractivity contribution is 7.89. The van der Waals surface area contributed by atoms with E-state index in [0.717, 1.165) is 19.4 Å². The zero-order valence-corrected chi connectivity index (χ0v) is 17.2. The first-order chi connectivity index (χ1) is 12.5. The lowest BCUT2D eigenvalue weighted by molar-refractivity contribution is 0.0667. The fraction of sp³-hybridized carbons (Fsp3) is 0.611. The maximum Gasteiger partial charge on any atom is 0.255 e. The van der Waals surface area contributed by atoms with Crippen LogP contribution in [0.2, 0.25) is 0 Å². The second kappa shape index (κ2) is 9.84. The van der Waals surface area contributed by atoms with Crippen LogP contribution in [0.3, 0.4) is 0 Å². The third kappa shape index (κ3) is 5.00. The van der Waals surface area contributed by atoms with E-state index in [-0.39, 0.29) is 28.8 Å². The van der Waals surface area contributed by atoms with Crippen molar-refractivity contribution < 1.29 is 17.9 Å². The smallest absolute Gasteiger partial charge is 0.255 e. The van der Waals surface area contributed by atoms with Gasteiger partial charge in [0.15, 0.2) is 0 Å². The van der Waals surface area contributed by atoms with Gasteiger partial charge in [-0.2, -0.15) is 4.31 Å². The summed E-state index contributed by atoms with van der Waals surface area (Å²) in [5.74, 6) is 0.207. The number of morpholine rings is 1. The van der Waals surface area contributed by atoms with Crippen LogP contribution in [0.15, 0.2) is 29.2 Å². The van der Waals surface area contributed by atoms with E-state index in [1.54, 1.807) is 23.1 Å². The first kappa shape index (κ1) is 22.1. The Morgan fingerprint density at radius 1 is 1.22 bits per heavy atom. The van der Waals surface area contributed by atoms with E-state index in [0.29, 0.717) is 45.3 Å². The van der Waals surface area contributed by atoms with Gasteiger partial charge < -0.3 is 15.0 Å². The number of ether oxygens (including phenoxy) is 1. The summed E-state index contributed by atoms with van der Waals surface area (Å²) >= 11 is 0. The molecule has 0 saturated carbocycles. The molecule has 2 saturated heterocycles. The van der Waals surface area contributed by atoms with Crippen LogP contribution in [0.1, 0.15) is 23.2 Å². The van der Waals surface area contributed by atoms with Gasteiger partial charge in [0, 0.05) is 26.2 Å². The third-order valence-electron chi connectivity index (χ3n) is 5.00. The molecule has 2 heterocycles. The Morgan fingerprint density at radius 3 is 2.63 bits per heavy atom. The highest BCUT2D eigenvalue weighted by atomic mass is 35.5. The first-order valence-electron chi connectivity index (χ1n) is 9.15. The van der Waals surface area contributed by atoms with Gasteiger partial charge in [0.05, 0.1) is 23.7 Å². The lowest BCUT2D eigenvalue weighted by atomic mass is 9.97. The van der Waals surface area contributed by atoms with Crippen LogP contribution in [0.5, 0.6) is 0 Å². The fourth-order valence-corrected chi connectivity index (χ4v) is 5.26. The molecule has 2 aliphatic rings. The molecule has 0 bridgehead atoms. The van der Waals surface area contributed by atoms with E-state index in [1.807, 2.05) is 7.05 Å². The minimum absolute atomic E-state index is 0. The second-order valence-electron chi connectivity index (χ2n) is 6.83. The Balaban J connectivity index is 0.00000261. The van der Waals surface area contributed by atoms with Crippen molar-refractivity contribution in [2.24, 2.45) is 5.92 Å². The second-order valence-corrected chi connectivity index (χ2v) is 8.74. The van der Waals surface area contributed by atoms with Gasteiger partial charge in [0.2, 0.25) is 10.0 Å². The third-order valence-corrected chi connectivity index (χ3v) is 6.96. The van der Waals surface area contributed by atoms with Crippen molar-refractivity contribution in [3.8, 4) is 0 Å². The predicted molar refractivity (Wildman–Crippen MR) is 106 cm³/mol. The molecule has 1 N–H and O–H groups in total. The highest BCUT2D eigenvalue weighted by Gasteiger charge is 2.32. The summed E-state index contributed by atoms with van der Waals surface area (Å²) in [6, 6.07) is 6.55. The maximum absolute atomic E-state index is 13.1. The molecule has 0 aromatic heterocycles. The normalized spacial score (nSPS) is 21.5. The molecule has 1 aromatic carbocycles. The maximum atomic E-state index is 13.1. The van der Waals surface area contributed by atoms with E-state index >= 15 is 0 Å². The summed E-state index contributed by atoms with van der Waals surface area (Å²) in [4.78, 5) is 15.0. The molecule has 9 heteroatoms. The van der Waals surface area contributed by atoms with Gasteiger partial charge in [0.1, 0.15) is 0 Å². The topological polar surface area (TPSA) is 79.0 Å². The number of nitrogens with one attached hydrogen (secondary N) is 1. The number of benzene rings is 1.